The molecule has 6 heteroatoms. The number of nitrogens with one attached hydrogen (secondary N) is 1. The van der Waals surface area contributed by atoms with Gasteiger partial charge >= 0.3 is 0 Å². The number of halogens is 1. The summed E-state index contributed by atoms with van der Waals surface area (Å²) in [6, 6.07) is 1.51. The molecule has 1 fully saturated rings. The number of rotatable bonds is 2. The number of carbonyl (C=O) groups excluding carboxylic acids is 1. The maximum absolute atomic E-state index is 12.2. The Morgan fingerprint density at radius 1 is 1.42 bits per heavy atom. The molecule has 2 rings (SSSR count). The molecule has 0 atom stereocenters. The summed E-state index contributed by atoms with van der Waals surface area (Å²) in [5.74, 6) is -0.151. The Balaban J connectivity index is 0.00000180. The first-order valence-electron chi connectivity index (χ1n) is 6.20. The predicted octanol–water partition coefficient (Wildman–Crippen LogP) is 1.33. The van der Waals surface area contributed by atoms with Crippen molar-refractivity contribution in [3.05, 3.63) is 28.2 Å². The van der Waals surface area contributed by atoms with E-state index in [4.69, 9.17) is 5.73 Å². The molecule has 0 spiro atoms. The summed E-state index contributed by atoms with van der Waals surface area (Å²) in [7, 11) is 1.66. The van der Waals surface area contributed by atoms with Crippen LogP contribution >= 0.6 is 12.4 Å². The van der Waals surface area contributed by atoms with Gasteiger partial charge in [-0.3, -0.25) is 9.59 Å². The fourth-order valence-electron chi connectivity index (χ4n) is 2.33. The smallest absolute Gasteiger partial charge is 0.250 e. The molecule has 1 amide bonds. The number of nitrogens with two attached hydrogens (primary N) is 1. The van der Waals surface area contributed by atoms with Gasteiger partial charge in [-0.15, -0.1) is 12.4 Å². The molecule has 1 aromatic heterocycles. The van der Waals surface area contributed by atoms with E-state index in [-0.39, 0.29) is 23.9 Å². The molecule has 106 valence electrons. The average Bonchev–Trinajstić information content (AvgIpc) is 2.74. The van der Waals surface area contributed by atoms with Gasteiger partial charge in [0.05, 0.1) is 11.2 Å². The predicted molar refractivity (Wildman–Crippen MR) is 77.7 cm³/mol. The first kappa shape index (κ1) is 15.7. The van der Waals surface area contributed by atoms with Crippen molar-refractivity contribution in [3.63, 3.8) is 0 Å². The summed E-state index contributed by atoms with van der Waals surface area (Å²) in [6.45, 7) is 1.80. The van der Waals surface area contributed by atoms with Crippen molar-refractivity contribution in [2.24, 2.45) is 12.8 Å². The quantitative estimate of drug-likeness (QED) is 0.860. The Kier molecular flexibility index (Phi) is 4.76. The van der Waals surface area contributed by atoms with E-state index in [1.54, 1.807) is 20.2 Å². The van der Waals surface area contributed by atoms with Crippen molar-refractivity contribution < 1.29 is 4.79 Å². The van der Waals surface area contributed by atoms with E-state index in [2.05, 4.69) is 5.32 Å². The van der Waals surface area contributed by atoms with Gasteiger partial charge in [0.2, 0.25) is 5.91 Å². The SMILES string of the molecule is Cc1cc(=O)n(C)cc1NC(=O)C1(N)CCCC1.Cl. The fraction of sp³-hybridized carbons (Fsp3) is 0.538. The van der Waals surface area contributed by atoms with Gasteiger partial charge < -0.3 is 15.6 Å². The number of anilines is 1. The minimum atomic E-state index is -0.749. The van der Waals surface area contributed by atoms with E-state index >= 15 is 0 Å². The molecule has 1 aliphatic carbocycles. The van der Waals surface area contributed by atoms with E-state index in [0.717, 1.165) is 31.2 Å². The molecule has 1 aliphatic rings. The number of nitrogens with zero attached hydrogens (tertiary/aromatic N) is 1. The first-order valence-corrected chi connectivity index (χ1v) is 6.20. The molecule has 5 nitrogen and oxygen atoms in total. The molecule has 1 aromatic rings. The molecular formula is C13H20ClN3O2. The van der Waals surface area contributed by atoms with Crippen LogP contribution < -0.4 is 16.6 Å². The summed E-state index contributed by atoms with van der Waals surface area (Å²) in [4.78, 5) is 23.6. The van der Waals surface area contributed by atoms with Crippen LogP contribution in [0.15, 0.2) is 17.1 Å². The number of aryl methyl sites for hydroxylation is 2. The lowest BCUT2D eigenvalue weighted by molar-refractivity contribution is -0.121. The lowest BCUT2D eigenvalue weighted by Crippen LogP contribution is -2.48. The maximum Gasteiger partial charge on any atom is 0.250 e. The van der Waals surface area contributed by atoms with Crippen LogP contribution in [-0.4, -0.2) is 16.0 Å². The van der Waals surface area contributed by atoms with Crippen molar-refractivity contribution in [1.82, 2.24) is 4.57 Å². The minimum Gasteiger partial charge on any atom is -0.323 e. The van der Waals surface area contributed by atoms with Crippen molar-refractivity contribution in [2.75, 3.05) is 5.32 Å². The van der Waals surface area contributed by atoms with Crippen LogP contribution in [0.3, 0.4) is 0 Å². The molecule has 3 N–H and O–H groups in total. The Hall–Kier alpha value is -1.33. The standard InChI is InChI=1S/C13H19N3O2.ClH/c1-9-7-11(17)16(2)8-10(9)15-12(18)13(14)5-3-4-6-13;/h7-8H,3-6,14H2,1-2H3,(H,15,18);1H. The number of pyridine rings is 1. The Bertz CT molecular complexity index is 533. The van der Waals surface area contributed by atoms with Gasteiger partial charge in [0.1, 0.15) is 0 Å². The highest BCUT2D eigenvalue weighted by molar-refractivity contribution is 5.98. The van der Waals surface area contributed by atoms with Crippen molar-refractivity contribution >= 4 is 24.0 Å². The summed E-state index contributed by atoms with van der Waals surface area (Å²) >= 11 is 0. The molecule has 0 radical (unpaired) electrons. The van der Waals surface area contributed by atoms with Gasteiger partial charge in [-0.25, -0.2) is 0 Å². The summed E-state index contributed by atoms with van der Waals surface area (Å²) < 4.78 is 1.44. The van der Waals surface area contributed by atoms with E-state index in [9.17, 15) is 9.59 Å². The zero-order valence-corrected chi connectivity index (χ0v) is 12.0. The number of hydrogen-bond donors (Lipinski definition) is 2. The molecule has 0 bridgehead atoms. The fourth-order valence-corrected chi connectivity index (χ4v) is 2.33. The number of carbonyl (C=O) groups is 1. The van der Waals surface area contributed by atoms with E-state index < -0.39 is 5.54 Å². The third kappa shape index (κ3) is 3.16. The Morgan fingerprint density at radius 2 is 2.00 bits per heavy atom. The van der Waals surface area contributed by atoms with Gasteiger partial charge in [0.15, 0.2) is 0 Å². The zero-order chi connectivity index (χ0) is 13.3. The third-order valence-corrected chi connectivity index (χ3v) is 3.63. The number of hydrogen-bond acceptors (Lipinski definition) is 3. The summed E-state index contributed by atoms with van der Waals surface area (Å²) in [5.41, 5.74) is 6.66. The highest BCUT2D eigenvalue weighted by atomic mass is 35.5. The van der Waals surface area contributed by atoms with Crippen LogP contribution in [-0.2, 0) is 11.8 Å². The monoisotopic (exact) mass is 285 g/mol. The van der Waals surface area contributed by atoms with Crippen molar-refractivity contribution in [3.8, 4) is 0 Å². The molecular weight excluding hydrogens is 266 g/mol. The zero-order valence-electron chi connectivity index (χ0n) is 11.2. The Morgan fingerprint density at radius 3 is 2.58 bits per heavy atom. The topological polar surface area (TPSA) is 77.1 Å². The molecule has 0 aromatic carbocycles. The number of aromatic nitrogens is 1. The van der Waals surface area contributed by atoms with Crippen molar-refractivity contribution in [1.29, 1.82) is 0 Å². The van der Waals surface area contributed by atoms with Crippen LogP contribution in [0.1, 0.15) is 31.2 Å². The highest BCUT2D eigenvalue weighted by Gasteiger charge is 2.37. The molecule has 1 heterocycles. The van der Waals surface area contributed by atoms with Gasteiger partial charge in [-0.1, -0.05) is 12.8 Å². The van der Waals surface area contributed by atoms with Gasteiger partial charge in [-0.2, -0.15) is 0 Å². The second kappa shape index (κ2) is 5.75. The van der Waals surface area contributed by atoms with Crippen LogP contribution in [0.4, 0.5) is 5.69 Å². The largest absolute Gasteiger partial charge is 0.323 e. The molecule has 19 heavy (non-hydrogen) atoms. The van der Waals surface area contributed by atoms with Gasteiger partial charge in [0.25, 0.3) is 5.56 Å². The van der Waals surface area contributed by atoms with E-state index in [1.165, 1.54) is 10.6 Å². The first-order chi connectivity index (χ1) is 8.42. The second-order valence-corrected chi connectivity index (χ2v) is 5.14. The molecule has 0 saturated heterocycles. The third-order valence-electron chi connectivity index (χ3n) is 3.63. The average molecular weight is 286 g/mol. The summed E-state index contributed by atoms with van der Waals surface area (Å²) in [6.07, 6.45) is 5.08. The van der Waals surface area contributed by atoms with Crippen molar-refractivity contribution in [2.45, 2.75) is 38.1 Å². The Labute approximate surface area is 118 Å². The van der Waals surface area contributed by atoms with Gasteiger partial charge in [-0.05, 0) is 25.3 Å². The number of amides is 1. The molecule has 0 unspecified atom stereocenters. The van der Waals surface area contributed by atoms with Gasteiger partial charge in [0, 0.05) is 19.3 Å². The second-order valence-electron chi connectivity index (χ2n) is 5.14. The normalized spacial score (nSPS) is 16.8. The summed E-state index contributed by atoms with van der Waals surface area (Å²) in [5, 5.41) is 2.84. The minimum absolute atomic E-state index is 0. The van der Waals surface area contributed by atoms with Crippen LogP contribution in [0, 0.1) is 6.92 Å². The molecule has 0 aliphatic heterocycles. The van der Waals surface area contributed by atoms with Crippen LogP contribution in [0.5, 0.6) is 0 Å². The van der Waals surface area contributed by atoms with Crippen LogP contribution in [0.2, 0.25) is 0 Å². The lowest BCUT2D eigenvalue weighted by Gasteiger charge is -2.23. The van der Waals surface area contributed by atoms with Crippen LogP contribution in [0.25, 0.3) is 0 Å². The molecule has 1 saturated carbocycles. The maximum atomic E-state index is 12.2. The van der Waals surface area contributed by atoms with E-state index in [1.807, 2.05) is 0 Å². The highest BCUT2D eigenvalue weighted by Crippen LogP contribution is 2.28. The van der Waals surface area contributed by atoms with E-state index in [0.29, 0.717) is 5.69 Å². The lowest BCUT2D eigenvalue weighted by atomic mass is 9.98.